The van der Waals surface area contributed by atoms with Crippen molar-refractivity contribution in [2.75, 3.05) is 19.8 Å². The minimum atomic E-state index is -0.118. The molecule has 0 aliphatic carbocycles. The van der Waals surface area contributed by atoms with Crippen LogP contribution in [0.25, 0.3) is 0 Å². The molecule has 2 rings (SSSR count). The lowest BCUT2D eigenvalue weighted by atomic mass is 10.1. The summed E-state index contributed by atoms with van der Waals surface area (Å²) in [4.78, 5) is 14.3. The molecule has 1 fully saturated rings. The van der Waals surface area contributed by atoms with Crippen molar-refractivity contribution in [1.29, 1.82) is 0 Å². The maximum atomic E-state index is 12.3. The molecule has 0 radical (unpaired) electrons. The first-order valence-electron chi connectivity index (χ1n) is 7.84. The van der Waals surface area contributed by atoms with Gasteiger partial charge in [-0.15, -0.1) is 0 Å². The number of benzene rings is 1. The van der Waals surface area contributed by atoms with Crippen LogP contribution in [0.5, 0.6) is 0 Å². The van der Waals surface area contributed by atoms with Crippen LogP contribution in [0.1, 0.15) is 44.0 Å². The molecule has 0 aromatic heterocycles. The summed E-state index contributed by atoms with van der Waals surface area (Å²) < 4.78 is 5.51. The van der Waals surface area contributed by atoms with Crippen molar-refractivity contribution in [3.8, 4) is 0 Å². The highest BCUT2D eigenvalue weighted by molar-refractivity contribution is 5.84. The summed E-state index contributed by atoms with van der Waals surface area (Å²) in [5.74, 6) is 0.178. The molecule has 21 heavy (non-hydrogen) atoms. The Balaban J connectivity index is 2.00. The normalized spacial score (nSPS) is 22.0. The fraction of sp³-hybridized carbons (Fsp3) is 0.588. The molecule has 2 unspecified atom stereocenters. The number of nitrogens with one attached hydrogen (secondary N) is 1. The van der Waals surface area contributed by atoms with Gasteiger partial charge < -0.3 is 9.64 Å². The predicted molar refractivity (Wildman–Crippen MR) is 84.0 cm³/mol. The van der Waals surface area contributed by atoms with E-state index in [9.17, 15) is 4.79 Å². The van der Waals surface area contributed by atoms with Crippen LogP contribution in [0.4, 0.5) is 0 Å². The van der Waals surface area contributed by atoms with E-state index in [1.54, 1.807) is 0 Å². The zero-order chi connectivity index (χ0) is 15.2. The number of nitrogens with zero attached hydrogens (tertiary/aromatic N) is 1. The Morgan fingerprint density at radius 3 is 2.86 bits per heavy atom. The lowest BCUT2D eigenvalue weighted by Crippen LogP contribution is -2.32. The highest BCUT2D eigenvalue weighted by Gasteiger charge is 2.36. The van der Waals surface area contributed by atoms with E-state index in [0.717, 1.165) is 31.6 Å². The molecule has 1 heterocycles. The fourth-order valence-corrected chi connectivity index (χ4v) is 2.71. The number of rotatable bonds is 7. The molecule has 0 bridgehead atoms. The van der Waals surface area contributed by atoms with E-state index in [1.165, 1.54) is 5.56 Å². The van der Waals surface area contributed by atoms with Crippen molar-refractivity contribution in [3.05, 3.63) is 35.4 Å². The summed E-state index contributed by atoms with van der Waals surface area (Å²) in [7, 11) is 0. The van der Waals surface area contributed by atoms with Gasteiger partial charge in [0, 0.05) is 19.8 Å². The van der Waals surface area contributed by atoms with Crippen molar-refractivity contribution >= 4 is 5.91 Å². The Morgan fingerprint density at radius 2 is 2.14 bits per heavy atom. The van der Waals surface area contributed by atoms with Crippen LogP contribution in [0, 0.1) is 6.92 Å². The van der Waals surface area contributed by atoms with Crippen LogP contribution in [0.15, 0.2) is 24.3 Å². The van der Waals surface area contributed by atoms with E-state index in [1.807, 2.05) is 17.9 Å². The van der Waals surface area contributed by atoms with E-state index in [-0.39, 0.29) is 18.1 Å². The third kappa shape index (κ3) is 4.05. The van der Waals surface area contributed by atoms with E-state index in [2.05, 4.69) is 37.4 Å². The Hall–Kier alpha value is -1.39. The van der Waals surface area contributed by atoms with Crippen LogP contribution in [0.3, 0.4) is 0 Å². The second kappa shape index (κ2) is 7.57. The maximum absolute atomic E-state index is 12.3. The van der Waals surface area contributed by atoms with Crippen molar-refractivity contribution in [3.63, 3.8) is 0 Å². The van der Waals surface area contributed by atoms with Gasteiger partial charge in [0.05, 0.1) is 6.04 Å². The van der Waals surface area contributed by atoms with Gasteiger partial charge in [0.15, 0.2) is 0 Å². The Labute approximate surface area is 127 Å². The molecule has 1 aromatic rings. The Bertz CT molecular complexity index is 476. The topological polar surface area (TPSA) is 41.6 Å². The first-order valence-corrected chi connectivity index (χ1v) is 7.84. The van der Waals surface area contributed by atoms with Gasteiger partial charge >= 0.3 is 0 Å². The predicted octanol–water partition coefficient (Wildman–Crippen LogP) is 2.63. The number of amides is 1. The molecular weight excluding hydrogens is 264 g/mol. The first kappa shape index (κ1) is 16.0. The quantitative estimate of drug-likeness (QED) is 0.785. The van der Waals surface area contributed by atoms with Gasteiger partial charge in [-0.05, 0) is 32.3 Å². The SMILES string of the molecule is CCCOCCCN1C(=O)C(C)NC1c1cccc(C)c1. The van der Waals surface area contributed by atoms with Crippen molar-refractivity contribution < 1.29 is 9.53 Å². The molecular formula is C17H26N2O2. The smallest absolute Gasteiger partial charge is 0.241 e. The highest BCUT2D eigenvalue weighted by Crippen LogP contribution is 2.26. The summed E-state index contributed by atoms with van der Waals surface area (Å²) >= 11 is 0. The average molecular weight is 290 g/mol. The molecule has 116 valence electrons. The average Bonchev–Trinajstić information content (AvgIpc) is 2.75. The van der Waals surface area contributed by atoms with Crippen LogP contribution in [-0.2, 0) is 9.53 Å². The van der Waals surface area contributed by atoms with E-state index in [4.69, 9.17) is 4.74 Å². The lowest BCUT2D eigenvalue weighted by Gasteiger charge is -2.25. The number of hydrogen-bond donors (Lipinski definition) is 1. The number of hydrogen-bond acceptors (Lipinski definition) is 3. The summed E-state index contributed by atoms with van der Waals surface area (Å²) in [5.41, 5.74) is 2.37. The second-order valence-electron chi connectivity index (χ2n) is 5.70. The number of ether oxygens (including phenoxy) is 1. The van der Waals surface area contributed by atoms with Gasteiger partial charge in [0.1, 0.15) is 6.17 Å². The van der Waals surface area contributed by atoms with Gasteiger partial charge in [-0.3, -0.25) is 10.1 Å². The molecule has 0 saturated carbocycles. The third-order valence-corrected chi connectivity index (χ3v) is 3.77. The second-order valence-corrected chi connectivity index (χ2v) is 5.70. The van der Waals surface area contributed by atoms with Gasteiger partial charge in [0.2, 0.25) is 5.91 Å². The zero-order valence-electron chi connectivity index (χ0n) is 13.3. The molecule has 1 aliphatic heterocycles. The summed E-state index contributed by atoms with van der Waals surface area (Å²) in [6.07, 6.45) is 1.90. The van der Waals surface area contributed by atoms with Gasteiger partial charge in [-0.1, -0.05) is 36.8 Å². The molecule has 4 heteroatoms. The Morgan fingerprint density at radius 1 is 1.33 bits per heavy atom. The summed E-state index contributed by atoms with van der Waals surface area (Å²) in [6.45, 7) is 8.35. The van der Waals surface area contributed by atoms with Crippen molar-refractivity contribution in [2.24, 2.45) is 0 Å². The molecule has 1 aliphatic rings. The molecule has 1 aromatic carbocycles. The lowest BCUT2D eigenvalue weighted by molar-refractivity contribution is -0.130. The van der Waals surface area contributed by atoms with Crippen LogP contribution in [-0.4, -0.2) is 36.6 Å². The monoisotopic (exact) mass is 290 g/mol. The number of carbonyl (C=O) groups excluding carboxylic acids is 1. The molecule has 1 saturated heterocycles. The van der Waals surface area contributed by atoms with Gasteiger partial charge in [-0.25, -0.2) is 0 Å². The van der Waals surface area contributed by atoms with Crippen LogP contribution >= 0.6 is 0 Å². The minimum absolute atomic E-state index is 0.0152. The maximum Gasteiger partial charge on any atom is 0.241 e. The standard InChI is InChI=1S/C17H26N2O2/c1-4-10-21-11-6-9-19-16(18-14(3)17(19)20)15-8-5-7-13(2)12-15/h5,7-8,12,14,16,18H,4,6,9-11H2,1-3H3. The molecule has 4 nitrogen and oxygen atoms in total. The number of aryl methyl sites for hydroxylation is 1. The van der Waals surface area contributed by atoms with Crippen LogP contribution < -0.4 is 5.32 Å². The highest BCUT2D eigenvalue weighted by atomic mass is 16.5. The van der Waals surface area contributed by atoms with Gasteiger partial charge in [-0.2, -0.15) is 0 Å². The Kier molecular flexibility index (Phi) is 5.76. The molecule has 0 spiro atoms. The summed E-state index contributed by atoms with van der Waals surface area (Å²) in [6, 6.07) is 8.22. The van der Waals surface area contributed by atoms with E-state index >= 15 is 0 Å². The molecule has 2 atom stereocenters. The van der Waals surface area contributed by atoms with Crippen molar-refractivity contribution in [1.82, 2.24) is 10.2 Å². The minimum Gasteiger partial charge on any atom is -0.381 e. The van der Waals surface area contributed by atoms with E-state index < -0.39 is 0 Å². The molecule has 1 N–H and O–H groups in total. The van der Waals surface area contributed by atoms with Crippen molar-refractivity contribution in [2.45, 2.75) is 45.8 Å². The van der Waals surface area contributed by atoms with Crippen LogP contribution in [0.2, 0.25) is 0 Å². The van der Waals surface area contributed by atoms with E-state index in [0.29, 0.717) is 6.61 Å². The zero-order valence-corrected chi connectivity index (χ0v) is 13.3. The molecule has 1 amide bonds. The summed E-state index contributed by atoms with van der Waals surface area (Å²) in [5, 5.41) is 3.38. The van der Waals surface area contributed by atoms with Gasteiger partial charge in [0.25, 0.3) is 0 Å². The number of carbonyl (C=O) groups is 1. The fourth-order valence-electron chi connectivity index (χ4n) is 2.71. The largest absolute Gasteiger partial charge is 0.381 e. The third-order valence-electron chi connectivity index (χ3n) is 3.77. The first-order chi connectivity index (χ1) is 10.1.